The largest absolute Gasteiger partial charge is 0.303 e. The molecule has 0 aliphatic carbocycles. The molecule has 3 unspecified atom stereocenters. The summed E-state index contributed by atoms with van der Waals surface area (Å²) in [4.78, 5) is 2.83. The van der Waals surface area contributed by atoms with Crippen LogP contribution in [-0.2, 0) is 0 Å². The van der Waals surface area contributed by atoms with E-state index in [0.29, 0.717) is 0 Å². The molecule has 0 aliphatic rings. The summed E-state index contributed by atoms with van der Waals surface area (Å²) < 4.78 is 0. The Kier molecular flexibility index (Phi) is 19.4. The van der Waals surface area contributed by atoms with Crippen LogP contribution in [0.1, 0.15) is 139 Å². The molecular formula is C30H63N. The van der Waals surface area contributed by atoms with Gasteiger partial charge in [-0.15, -0.1) is 0 Å². The average molecular weight is 438 g/mol. The fourth-order valence-corrected chi connectivity index (χ4v) is 4.60. The lowest BCUT2D eigenvalue weighted by atomic mass is 9.95. The highest BCUT2D eigenvalue weighted by atomic mass is 15.1. The molecule has 0 bridgehead atoms. The lowest BCUT2D eigenvalue weighted by molar-refractivity contribution is 0.216. The molecule has 0 spiro atoms. The molecular weight excluding hydrogens is 374 g/mol. The lowest BCUT2D eigenvalue weighted by Crippen LogP contribution is -2.30. The predicted molar refractivity (Wildman–Crippen MR) is 144 cm³/mol. The fourth-order valence-electron chi connectivity index (χ4n) is 4.60. The fraction of sp³-hybridized carbons (Fsp3) is 1.00. The minimum absolute atomic E-state index is 0.859. The molecule has 3 atom stereocenters. The van der Waals surface area contributed by atoms with Gasteiger partial charge in [0.15, 0.2) is 0 Å². The van der Waals surface area contributed by atoms with Gasteiger partial charge in [0.25, 0.3) is 0 Å². The van der Waals surface area contributed by atoms with Gasteiger partial charge in [0.1, 0.15) is 0 Å². The van der Waals surface area contributed by atoms with Gasteiger partial charge >= 0.3 is 0 Å². The van der Waals surface area contributed by atoms with Gasteiger partial charge in [-0.05, 0) is 74.4 Å². The number of hydrogen-bond acceptors (Lipinski definition) is 1. The van der Waals surface area contributed by atoms with Crippen molar-refractivity contribution < 1.29 is 0 Å². The Hall–Kier alpha value is -0.0400. The van der Waals surface area contributed by atoms with Crippen LogP contribution in [0.25, 0.3) is 0 Å². The van der Waals surface area contributed by atoms with E-state index in [0.717, 1.165) is 35.5 Å². The van der Waals surface area contributed by atoms with E-state index in [1.54, 1.807) is 0 Å². The first-order valence-electron chi connectivity index (χ1n) is 14.3. The van der Waals surface area contributed by atoms with Gasteiger partial charge in [-0.2, -0.15) is 0 Å². The van der Waals surface area contributed by atoms with Crippen molar-refractivity contribution in [1.29, 1.82) is 0 Å². The summed E-state index contributed by atoms with van der Waals surface area (Å²) in [5, 5.41) is 0. The van der Waals surface area contributed by atoms with Crippen molar-refractivity contribution in [2.45, 2.75) is 139 Å². The van der Waals surface area contributed by atoms with Gasteiger partial charge in [-0.3, -0.25) is 0 Å². The van der Waals surface area contributed by atoms with Gasteiger partial charge in [-0.1, -0.05) is 120 Å². The molecule has 31 heavy (non-hydrogen) atoms. The monoisotopic (exact) mass is 437 g/mol. The van der Waals surface area contributed by atoms with Crippen molar-refractivity contribution in [3.63, 3.8) is 0 Å². The van der Waals surface area contributed by atoms with Gasteiger partial charge in [-0.25, -0.2) is 0 Å². The van der Waals surface area contributed by atoms with E-state index in [-0.39, 0.29) is 0 Å². The van der Waals surface area contributed by atoms with Crippen LogP contribution in [0.2, 0.25) is 0 Å². The topological polar surface area (TPSA) is 3.24 Å². The third kappa shape index (κ3) is 21.6. The zero-order valence-corrected chi connectivity index (χ0v) is 23.5. The van der Waals surface area contributed by atoms with Crippen LogP contribution >= 0.6 is 0 Å². The summed E-state index contributed by atoms with van der Waals surface area (Å²) in [5.41, 5.74) is 0. The van der Waals surface area contributed by atoms with E-state index in [1.165, 1.54) is 96.7 Å². The van der Waals surface area contributed by atoms with Crippen molar-refractivity contribution in [2.24, 2.45) is 35.5 Å². The zero-order valence-electron chi connectivity index (χ0n) is 23.5. The Balaban J connectivity index is 4.39. The van der Waals surface area contributed by atoms with E-state index in [9.17, 15) is 0 Å². The van der Waals surface area contributed by atoms with Gasteiger partial charge in [0.05, 0.1) is 0 Å². The number of hydrogen-bond donors (Lipinski definition) is 0. The number of rotatable bonds is 21. The molecule has 0 saturated heterocycles. The molecule has 188 valence electrons. The van der Waals surface area contributed by atoms with Crippen LogP contribution in [-0.4, -0.2) is 24.5 Å². The maximum Gasteiger partial charge on any atom is -0.00162 e. The Morgan fingerprint density at radius 2 is 0.613 bits per heavy atom. The summed E-state index contributed by atoms with van der Waals surface area (Å²) in [6, 6.07) is 0. The van der Waals surface area contributed by atoms with Crippen LogP contribution in [0.3, 0.4) is 0 Å². The molecule has 0 aromatic heterocycles. The maximum absolute atomic E-state index is 2.83. The lowest BCUT2D eigenvalue weighted by Gasteiger charge is -2.27. The molecule has 1 nitrogen and oxygen atoms in total. The van der Waals surface area contributed by atoms with Crippen molar-refractivity contribution in [1.82, 2.24) is 4.90 Å². The highest BCUT2D eigenvalue weighted by molar-refractivity contribution is 4.67. The second-order valence-electron chi connectivity index (χ2n) is 12.5. The molecule has 0 fully saturated rings. The standard InChI is InChI=1S/C30H63N/c1-25(2)13-10-16-28(7)19-22-31(23-20-29(8)17-11-14-26(3)4)24-21-30(9)18-12-15-27(5)6/h25-30H,10-24H2,1-9H3. The first-order valence-corrected chi connectivity index (χ1v) is 14.3. The molecule has 0 amide bonds. The SMILES string of the molecule is CC(C)CCCC(C)CCN(CCC(C)CCCC(C)C)CCC(C)CCCC(C)C. The molecule has 0 saturated carbocycles. The maximum atomic E-state index is 2.83. The first-order chi connectivity index (χ1) is 14.6. The molecule has 0 heterocycles. The molecule has 0 aromatic carbocycles. The van der Waals surface area contributed by atoms with Crippen molar-refractivity contribution in [2.75, 3.05) is 19.6 Å². The van der Waals surface area contributed by atoms with Gasteiger partial charge < -0.3 is 4.90 Å². The van der Waals surface area contributed by atoms with E-state index in [2.05, 4.69) is 67.2 Å². The summed E-state index contributed by atoms with van der Waals surface area (Å²) >= 11 is 0. The summed E-state index contributed by atoms with van der Waals surface area (Å²) in [6.45, 7) is 25.6. The van der Waals surface area contributed by atoms with E-state index >= 15 is 0 Å². The molecule has 0 rings (SSSR count). The second-order valence-corrected chi connectivity index (χ2v) is 12.5. The first kappa shape index (κ1) is 31.0. The smallest absolute Gasteiger partial charge is 0.00162 e. The Morgan fingerprint density at radius 3 is 0.839 bits per heavy atom. The van der Waals surface area contributed by atoms with Gasteiger partial charge in [0, 0.05) is 0 Å². The zero-order chi connectivity index (χ0) is 23.6. The number of nitrogens with zero attached hydrogens (tertiary/aromatic N) is 1. The summed E-state index contributed by atoms with van der Waals surface area (Å²) in [7, 11) is 0. The van der Waals surface area contributed by atoms with Crippen molar-refractivity contribution in [3.05, 3.63) is 0 Å². The highest BCUT2D eigenvalue weighted by Crippen LogP contribution is 2.20. The van der Waals surface area contributed by atoms with Crippen molar-refractivity contribution >= 4 is 0 Å². The molecule has 0 aliphatic heterocycles. The Bertz CT molecular complexity index is 316. The molecule has 0 aromatic rings. The quantitative estimate of drug-likeness (QED) is 0.173. The Labute approximate surface area is 199 Å². The molecule has 0 radical (unpaired) electrons. The summed E-state index contributed by atoms with van der Waals surface area (Å²) in [5.74, 6) is 5.23. The van der Waals surface area contributed by atoms with Crippen LogP contribution < -0.4 is 0 Å². The highest BCUT2D eigenvalue weighted by Gasteiger charge is 2.13. The minimum atomic E-state index is 0.859. The van der Waals surface area contributed by atoms with Crippen LogP contribution in [0, 0.1) is 35.5 Å². The Morgan fingerprint density at radius 1 is 0.355 bits per heavy atom. The van der Waals surface area contributed by atoms with Crippen molar-refractivity contribution in [3.8, 4) is 0 Å². The third-order valence-electron chi connectivity index (χ3n) is 7.25. The molecule has 0 N–H and O–H groups in total. The normalized spacial score (nSPS) is 15.4. The van der Waals surface area contributed by atoms with Crippen LogP contribution in [0.5, 0.6) is 0 Å². The van der Waals surface area contributed by atoms with E-state index < -0.39 is 0 Å². The average Bonchev–Trinajstić information content (AvgIpc) is 2.66. The minimum Gasteiger partial charge on any atom is -0.303 e. The van der Waals surface area contributed by atoms with E-state index in [1.807, 2.05) is 0 Å². The van der Waals surface area contributed by atoms with Gasteiger partial charge in [0.2, 0.25) is 0 Å². The second kappa shape index (κ2) is 19.4. The van der Waals surface area contributed by atoms with E-state index in [4.69, 9.17) is 0 Å². The molecule has 1 heteroatoms. The van der Waals surface area contributed by atoms with Crippen LogP contribution in [0.15, 0.2) is 0 Å². The van der Waals surface area contributed by atoms with Crippen LogP contribution in [0.4, 0.5) is 0 Å². The summed E-state index contributed by atoms with van der Waals surface area (Å²) in [6.07, 6.45) is 16.9. The predicted octanol–water partition coefficient (Wildman–Crippen LogP) is 9.85. The third-order valence-corrected chi connectivity index (χ3v) is 7.25.